The summed E-state index contributed by atoms with van der Waals surface area (Å²) < 4.78 is 5.89. The van der Waals surface area contributed by atoms with Crippen molar-refractivity contribution in [3.05, 3.63) is 51.8 Å². The van der Waals surface area contributed by atoms with Gasteiger partial charge in [-0.2, -0.15) is 0 Å². The molecule has 2 heterocycles. The molecule has 4 nitrogen and oxygen atoms in total. The highest BCUT2D eigenvalue weighted by atomic mass is 35.5. The molecule has 0 bridgehead atoms. The van der Waals surface area contributed by atoms with Gasteiger partial charge in [-0.05, 0) is 24.0 Å². The molecule has 1 fully saturated rings. The van der Waals surface area contributed by atoms with Gasteiger partial charge in [-0.1, -0.05) is 41.0 Å². The Hall–Kier alpha value is -0.850. The molecule has 1 aromatic heterocycles. The lowest BCUT2D eigenvalue weighted by molar-refractivity contribution is -0.0329. The number of rotatable bonds is 4. The number of morpholine rings is 1. The van der Waals surface area contributed by atoms with Gasteiger partial charge >= 0.3 is 0 Å². The van der Waals surface area contributed by atoms with Crippen LogP contribution in [0.5, 0.6) is 0 Å². The standard InChI is InChI=1S/C16H17Cl2N3OS/c1-23-16-19-7-11(8-20-16)9-21-4-5-22-15(10-21)12-2-3-13(17)14(18)6-12/h2-3,6-8,15H,4-5,9-10H2,1H3/t15-/m1/s1. The molecule has 7 heteroatoms. The second-order valence-corrected chi connectivity index (χ2v) is 6.93. The smallest absolute Gasteiger partial charge is 0.187 e. The number of benzene rings is 1. The highest BCUT2D eigenvalue weighted by Gasteiger charge is 2.22. The molecule has 0 saturated carbocycles. The molecule has 2 aromatic rings. The van der Waals surface area contributed by atoms with E-state index in [2.05, 4.69) is 14.9 Å². The first-order valence-electron chi connectivity index (χ1n) is 7.29. The fraction of sp³-hybridized carbons (Fsp3) is 0.375. The van der Waals surface area contributed by atoms with Crippen molar-refractivity contribution in [1.82, 2.24) is 14.9 Å². The van der Waals surface area contributed by atoms with E-state index in [1.54, 1.807) is 11.8 Å². The van der Waals surface area contributed by atoms with E-state index in [-0.39, 0.29) is 6.10 Å². The highest BCUT2D eigenvalue weighted by molar-refractivity contribution is 7.98. The molecule has 0 amide bonds. The number of hydrogen-bond donors (Lipinski definition) is 0. The fourth-order valence-corrected chi connectivity index (χ4v) is 3.17. The summed E-state index contributed by atoms with van der Waals surface area (Å²) in [7, 11) is 0. The number of halogens is 2. The second kappa shape index (κ2) is 7.81. The van der Waals surface area contributed by atoms with Crippen molar-refractivity contribution in [3.8, 4) is 0 Å². The van der Waals surface area contributed by atoms with Gasteiger partial charge in [0.1, 0.15) is 0 Å². The Balaban J connectivity index is 1.66. The molecule has 23 heavy (non-hydrogen) atoms. The summed E-state index contributed by atoms with van der Waals surface area (Å²) in [6, 6.07) is 5.67. The van der Waals surface area contributed by atoms with Crippen molar-refractivity contribution in [1.29, 1.82) is 0 Å². The maximum Gasteiger partial charge on any atom is 0.187 e. The lowest BCUT2D eigenvalue weighted by Crippen LogP contribution is -2.37. The third-order valence-electron chi connectivity index (χ3n) is 3.74. The average Bonchev–Trinajstić information content (AvgIpc) is 2.58. The Morgan fingerprint density at radius 2 is 2.04 bits per heavy atom. The number of hydrogen-bond acceptors (Lipinski definition) is 5. The lowest BCUT2D eigenvalue weighted by atomic mass is 10.1. The summed E-state index contributed by atoms with van der Waals surface area (Å²) in [5.41, 5.74) is 2.16. The van der Waals surface area contributed by atoms with Crippen LogP contribution in [0.1, 0.15) is 17.2 Å². The van der Waals surface area contributed by atoms with Gasteiger partial charge < -0.3 is 4.74 Å². The van der Waals surface area contributed by atoms with E-state index in [4.69, 9.17) is 27.9 Å². The largest absolute Gasteiger partial charge is 0.371 e. The van der Waals surface area contributed by atoms with Crippen molar-refractivity contribution in [2.24, 2.45) is 0 Å². The van der Waals surface area contributed by atoms with E-state index in [9.17, 15) is 0 Å². The number of ether oxygens (including phenoxy) is 1. The fourth-order valence-electron chi connectivity index (χ4n) is 2.55. The van der Waals surface area contributed by atoms with E-state index in [0.29, 0.717) is 16.7 Å². The van der Waals surface area contributed by atoms with E-state index < -0.39 is 0 Å². The average molecular weight is 370 g/mol. The van der Waals surface area contributed by atoms with Crippen molar-refractivity contribution >= 4 is 35.0 Å². The van der Waals surface area contributed by atoms with Crippen molar-refractivity contribution < 1.29 is 4.74 Å². The second-order valence-electron chi connectivity index (χ2n) is 5.35. The quantitative estimate of drug-likeness (QED) is 0.599. The molecule has 1 saturated heterocycles. The monoisotopic (exact) mass is 369 g/mol. The maximum absolute atomic E-state index is 6.11. The summed E-state index contributed by atoms with van der Waals surface area (Å²) in [6.45, 7) is 3.20. The SMILES string of the molecule is CSc1ncc(CN2CCO[C@@H](c3ccc(Cl)c(Cl)c3)C2)cn1. The molecule has 0 aliphatic carbocycles. The molecule has 122 valence electrons. The van der Waals surface area contributed by atoms with Crippen LogP contribution in [0.2, 0.25) is 10.0 Å². The highest BCUT2D eigenvalue weighted by Crippen LogP contribution is 2.29. The Morgan fingerprint density at radius 3 is 2.74 bits per heavy atom. The van der Waals surface area contributed by atoms with Gasteiger partial charge in [-0.3, -0.25) is 4.90 Å². The van der Waals surface area contributed by atoms with Gasteiger partial charge in [-0.25, -0.2) is 9.97 Å². The van der Waals surface area contributed by atoms with Crippen LogP contribution in [0.15, 0.2) is 35.7 Å². The Labute approximate surface area is 150 Å². The molecular weight excluding hydrogens is 353 g/mol. The van der Waals surface area contributed by atoms with Gasteiger partial charge in [0, 0.05) is 37.6 Å². The molecule has 1 aliphatic heterocycles. The molecule has 0 spiro atoms. The van der Waals surface area contributed by atoms with Crippen LogP contribution in [0.3, 0.4) is 0 Å². The van der Waals surface area contributed by atoms with Crippen LogP contribution < -0.4 is 0 Å². The van der Waals surface area contributed by atoms with E-state index in [1.165, 1.54) is 0 Å². The first-order valence-corrected chi connectivity index (χ1v) is 9.27. The Kier molecular flexibility index (Phi) is 5.77. The molecule has 1 atom stereocenters. The summed E-state index contributed by atoms with van der Waals surface area (Å²) in [4.78, 5) is 11.0. The van der Waals surface area contributed by atoms with Gasteiger partial charge in [0.2, 0.25) is 0 Å². The summed E-state index contributed by atoms with van der Waals surface area (Å²) >= 11 is 13.6. The number of aromatic nitrogens is 2. The topological polar surface area (TPSA) is 38.2 Å². The Bertz CT molecular complexity index is 669. The minimum absolute atomic E-state index is 0.00454. The zero-order valence-electron chi connectivity index (χ0n) is 12.7. The molecule has 1 aromatic carbocycles. The third kappa shape index (κ3) is 4.37. The molecular formula is C16H17Cl2N3OS. The van der Waals surface area contributed by atoms with Crippen molar-refractivity contribution in [3.63, 3.8) is 0 Å². The first kappa shape index (κ1) is 17.0. The van der Waals surface area contributed by atoms with Crippen molar-refractivity contribution in [2.75, 3.05) is 26.0 Å². The molecule has 0 radical (unpaired) electrons. The van der Waals surface area contributed by atoms with Crippen LogP contribution in [0.25, 0.3) is 0 Å². The van der Waals surface area contributed by atoms with E-state index in [0.717, 1.165) is 35.9 Å². The predicted octanol–water partition coefficient (Wildman–Crippen LogP) is 4.08. The van der Waals surface area contributed by atoms with Gasteiger partial charge in [0.05, 0.1) is 22.8 Å². The third-order valence-corrected chi connectivity index (χ3v) is 5.05. The van der Waals surface area contributed by atoms with Crippen LogP contribution in [0.4, 0.5) is 0 Å². The zero-order valence-corrected chi connectivity index (χ0v) is 15.0. The molecule has 3 rings (SSSR count). The lowest BCUT2D eigenvalue weighted by Gasteiger charge is -2.33. The molecule has 0 unspecified atom stereocenters. The van der Waals surface area contributed by atoms with Crippen LogP contribution in [-0.4, -0.2) is 40.8 Å². The molecule has 0 N–H and O–H groups in total. The number of nitrogens with zero attached hydrogens (tertiary/aromatic N) is 3. The first-order chi connectivity index (χ1) is 11.2. The van der Waals surface area contributed by atoms with Gasteiger partial charge in [0.25, 0.3) is 0 Å². The van der Waals surface area contributed by atoms with Crippen LogP contribution >= 0.6 is 35.0 Å². The summed E-state index contributed by atoms with van der Waals surface area (Å²) in [6.07, 6.45) is 5.76. The van der Waals surface area contributed by atoms with Crippen LogP contribution in [0, 0.1) is 0 Å². The van der Waals surface area contributed by atoms with Gasteiger partial charge in [0.15, 0.2) is 5.16 Å². The zero-order chi connectivity index (χ0) is 16.2. The minimum Gasteiger partial charge on any atom is -0.371 e. The normalized spacial score (nSPS) is 19.0. The predicted molar refractivity (Wildman–Crippen MR) is 94.2 cm³/mol. The van der Waals surface area contributed by atoms with E-state index in [1.807, 2.05) is 36.8 Å². The Morgan fingerprint density at radius 1 is 1.26 bits per heavy atom. The van der Waals surface area contributed by atoms with Gasteiger partial charge in [-0.15, -0.1) is 0 Å². The summed E-state index contributed by atoms with van der Waals surface area (Å²) in [5, 5.41) is 1.92. The maximum atomic E-state index is 6.11. The number of thioether (sulfide) groups is 1. The summed E-state index contributed by atoms with van der Waals surface area (Å²) in [5.74, 6) is 0. The minimum atomic E-state index is 0.00454. The molecule has 1 aliphatic rings. The van der Waals surface area contributed by atoms with E-state index >= 15 is 0 Å². The van der Waals surface area contributed by atoms with Crippen LogP contribution in [-0.2, 0) is 11.3 Å². The van der Waals surface area contributed by atoms with Crippen molar-refractivity contribution in [2.45, 2.75) is 17.8 Å².